The monoisotopic (exact) mass is 305 g/mol. The van der Waals surface area contributed by atoms with Gasteiger partial charge in [-0.3, -0.25) is 10.00 Å². The number of aryl methyl sites for hydroxylation is 1. The number of nitrogens with zero attached hydrogens (tertiary/aromatic N) is 3. The smallest absolute Gasteiger partial charge is 0.307 e. The van der Waals surface area contributed by atoms with Gasteiger partial charge in [-0.05, 0) is 37.3 Å². The zero-order chi connectivity index (χ0) is 14.8. The Kier molecular flexibility index (Phi) is 3.79. The molecule has 2 N–H and O–H groups in total. The maximum absolute atomic E-state index is 12.0. The summed E-state index contributed by atoms with van der Waals surface area (Å²) in [6.45, 7) is 2.77. The Labute approximate surface area is 127 Å². The van der Waals surface area contributed by atoms with Crippen LogP contribution in [0.4, 0.5) is 16.3 Å². The molecule has 0 unspecified atom stereocenters. The summed E-state index contributed by atoms with van der Waals surface area (Å²) in [5.41, 5.74) is 1.47. The van der Waals surface area contributed by atoms with Crippen LogP contribution in [0.3, 0.4) is 0 Å². The van der Waals surface area contributed by atoms with Crippen LogP contribution in [-0.2, 0) is 6.54 Å². The van der Waals surface area contributed by atoms with Crippen LogP contribution >= 0.6 is 11.6 Å². The summed E-state index contributed by atoms with van der Waals surface area (Å²) in [5, 5.41) is 10.1. The molecular formula is C14H16ClN5O. The van der Waals surface area contributed by atoms with Gasteiger partial charge in [-0.15, -0.1) is 0 Å². The van der Waals surface area contributed by atoms with Crippen LogP contribution in [0.15, 0.2) is 24.5 Å². The number of carbonyl (C=O) groups excluding carboxylic acids is 1. The number of anilines is 2. The summed E-state index contributed by atoms with van der Waals surface area (Å²) in [4.78, 5) is 15.9. The fourth-order valence-corrected chi connectivity index (χ4v) is 2.16. The van der Waals surface area contributed by atoms with Gasteiger partial charge in [-0.2, -0.15) is 5.10 Å². The van der Waals surface area contributed by atoms with E-state index in [2.05, 4.69) is 20.7 Å². The molecule has 0 atom stereocenters. The largest absolute Gasteiger partial charge is 0.324 e. The highest BCUT2D eigenvalue weighted by atomic mass is 35.5. The number of nitrogens with one attached hydrogen (secondary N) is 2. The van der Waals surface area contributed by atoms with Crippen molar-refractivity contribution in [1.29, 1.82) is 0 Å². The second-order valence-corrected chi connectivity index (χ2v) is 5.65. The number of carbonyl (C=O) groups is 1. The van der Waals surface area contributed by atoms with Gasteiger partial charge < -0.3 is 5.32 Å². The molecule has 110 valence electrons. The van der Waals surface area contributed by atoms with Crippen molar-refractivity contribution in [1.82, 2.24) is 14.8 Å². The molecule has 0 saturated heterocycles. The predicted molar refractivity (Wildman–Crippen MR) is 81.6 cm³/mol. The van der Waals surface area contributed by atoms with E-state index in [1.165, 1.54) is 12.8 Å². The van der Waals surface area contributed by atoms with Crippen molar-refractivity contribution < 1.29 is 4.79 Å². The number of urea groups is 1. The summed E-state index contributed by atoms with van der Waals surface area (Å²) in [6, 6.07) is 3.05. The zero-order valence-electron chi connectivity index (χ0n) is 11.6. The van der Waals surface area contributed by atoms with Gasteiger partial charge in [0.2, 0.25) is 0 Å². The molecule has 0 radical (unpaired) electrons. The Morgan fingerprint density at radius 1 is 1.48 bits per heavy atom. The van der Waals surface area contributed by atoms with Crippen LogP contribution in [0.5, 0.6) is 0 Å². The molecular weight excluding hydrogens is 290 g/mol. The second kappa shape index (κ2) is 5.73. The van der Waals surface area contributed by atoms with E-state index in [9.17, 15) is 4.79 Å². The molecule has 1 fully saturated rings. The van der Waals surface area contributed by atoms with E-state index in [1.807, 2.05) is 17.8 Å². The Morgan fingerprint density at radius 3 is 3.05 bits per heavy atom. The van der Waals surface area contributed by atoms with Gasteiger partial charge in [0.15, 0.2) is 5.82 Å². The SMILES string of the molecule is Cc1cnc(Cl)cc1NC(=O)Nc1ccn(CC2CC2)n1. The van der Waals surface area contributed by atoms with Gasteiger partial charge in [-0.25, -0.2) is 9.78 Å². The van der Waals surface area contributed by atoms with Crippen molar-refractivity contribution in [2.75, 3.05) is 10.6 Å². The lowest BCUT2D eigenvalue weighted by Crippen LogP contribution is -2.20. The number of pyridine rings is 1. The summed E-state index contributed by atoms with van der Waals surface area (Å²) in [6.07, 6.45) is 6.03. The van der Waals surface area contributed by atoms with Crippen molar-refractivity contribution in [3.63, 3.8) is 0 Å². The van der Waals surface area contributed by atoms with Crippen molar-refractivity contribution in [2.45, 2.75) is 26.3 Å². The summed E-state index contributed by atoms with van der Waals surface area (Å²) in [7, 11) is 0. The molecule has 7 heteroatoms. The highest BCUT2D eigenvalue weighted by molar-refractivity contribution is 6.29. The fraction of sp³-hybridized carbons (Fsp3) is 0.357. The molecule has 21 heavy (non-hydrogen) atoms. The first-order chi connectivity index (χ1) is 10.1. The quantitative estimate of drug-likeness (QED) is 0.851. The summed E-state index contributed by atoms with van der Waals surface area (Å²) < 4.78 is 1.86. The number of hydrogen-bond donors (Lipinski definition) is 2. The molecule has 2 aromatic heterocycles. The molecule has 1 saturated carbocycles. The Hall–Kier alpha value is -2.08. The molecule has 2 heterocycles. The lowest BCUT2D eigenvalue weighted by Gasteiger charge is -2.08. The van der Waals surface area contributed by atoms with Gasteiger partial charge in [0, 0.05) is 30.7 Å². The third-order valence-electron chi connectivity index (χ3n) is 3.34. The van der Waals surface area contributed by atoms with Crippen LogP contribution in [0.1, 0.15) is 18.4 Å². The molecule has 6 nitrogen and oxygen atoms in total. The van der Waals surface area contributed by atoms with Crippen LogP contribution in [0.25, 0.3) is 0 Å². The average molecular weight is 306 g/mol. The van der Waals surface area contributed by atoms with Gasteiger partial charge >= 0.3 is 6.03 Å². The number of rotatable bonds is 4. The molecule has 1 aliphatic carbocycles. The molecule has 0 spiro atoms. The molecule has 0 bridgehead atoms. The first-order valence-electron chi connectivity index (χ1n) is 6.84. The number of halogens is 1. The van der Waals surface area contributed by atoms with E-state index in [0.717, 1.165) is 18.0 Å². The Balaban J connectivity index is 1.60. The molecule has 1 aliphatic rings. The number of amides is 2. The maximum atomic E-state index is 12.0. The normalized spacial score (nSPS) is 14.0. The second-order valence-electron chi connectivity index (χ2n) is 5.27. The van der Waals surface area contributed by atoms with Gasteiger partial charge in [0.25, 0.3) is 0 Å². The van der Waals surface area contributed by atoms with E-state index >= 15 is 0 Å². The fourth-order valence-electron chi connectivity index (χ4n) is 2.00. The Morgan fingerprint density at radius 2 is 2.29 bits per heavy atom. The van der Waals surface area contributed by atoms with E-state index in [1.54, 1.807) is 18.3 Å². The molecule has 0 aliphatic heterocycles. The van der Waals surface area contributed by atoms with Crippen molar-refractivity contribution in [3.8, 4) is 0 Å². The third kappa shape index (κ3) is 3.72. The average Bonchev–Trinajstić information content (AvgIpc) is 3.13. The minimum Gasteiger partial charge on any atom is -0.307 e. The van der Waals surface area contributed by atoms with E-state index in [0.29, 0.717) is 16.7 Å². The lowest BCUT2D eigenvalue weighted by molar-refractivity contribution is 0.262. The number of hydrogen-bond acceptors (Lipinski definition) is 3. The Bertz CT molecular complexity index is 665. The van der Waals surface area contributed by atoms with Crippen LogP contribution in [-0.4, -0.2) is 20.8 Å². The molecule has 2 amide bonds. The van der Waals surface area contributed by atoms with Gasteiger partial charge in [0.1, 0.15) is 5.15 Å². The van der Waals surface area contributed by atoms with Crippen LogP contribution in [0.2, 0.25) is 5.15 Å². The topological polar surface area (TPSA) is 71.8 Å². The number of aromatic nitrogens is 3. The highest BCUT2D eigenvalue weighted by Crippen LogP contribution is 2.30. The first-order valence-corrected chi connectivity index (χ1v) is 7.21. The highest BCUT2D eigenvalue weighted by Gasteiger charge is 2.22. The zero-order valence-corrected chi connectivity index (χ0v) is 12.4. The van der Waals surface area contributed by atoms with Crippen LogP contribution < -0.4 is 10.6 Å². The van der Waals surface area contributed by atoms with Crippen LogP contribution in [0, 0.1) is 12.8 Å². The standard InChI is InChI=1S/C14H16ClN5O/c1-9-7-16-12(15)6-11(9)17-14(21)18-13-4-5-20(19-13)8-10-2-3-10/h4-7,10H,2-3,8H2,1H3,(H2,16,17,18,19,21). The van der Waals surface area contributed by atoms with Crippen molar-refractivity contribution in [3.05, 3.63) is 35.2 Å². The minimum atomic E-state index is -0.350. The molecule has 0 aromatic carbocycles. The minimum absolute atomic E-state index is 0.338. The lowest BCUT2D eigenvalue weighted by atomic mass is 10.2. The molecule has 3 rings (SSSR count). The van der Waals surface area contributed by atoms with Crippen molar-refractivity contribution >= 4 is 29.1 Å². The van der Waals surface area contributed by atoms with E-state index in [-0.39, 0.29) is 6.03 Å². The first kappa shape index (κ1) is 13.9. The van der Waals surface area contributed by atoms with Crippen molar-refractivity contribution in [2.24, 2.45) is 5.92 Å². The van der Waals surface area contributed by atoms with E-state index < -0.39 is 0 Å². The summed E-state index contributed by atoms with van der Waals surface area (Å²) >= 11 is 5.82. The van der Waals surface area contributed by atoms with Gasteiger partial charge in [0.05, 0.1) is 0 Å². The van der Waals surface area contributed by atoms with E-state index in [4.69, 9.17) is 11.6 Å². The third-order valence-corrected chi connectivity index (χ3v) is 3.55. The maximum Gasteiger partial charge on any atom is 0.324 e. The van der Waals surface area contributed by atoms with Gasteiger partial charge in [-0.1, -0.05) is 11.6 Å². The predicted octanol–water partition coefficient (Wildman–Crippen LogP) is 3.29. The summed E-state index contributed by atoms with van der Waals surface area (Å²) in [5.74, 6) is 1.28. The molecule has 2 aromatic rings.